The lowest BCUT2D eigenvalue weighted by Gasteiger charge is -2.25. The molecule has 96 valence electrons. The van der Waals surface area contributed by atoms with Crippen molar-refractivity contribution in [3.63, 3.8) is 0 Å². The average molecular weight is 235 g/mol. The molecule has 0 amide bonds. The Balaban J connectivity index is 3.35. The van der Waals surface area contributed by atoms with Gasteiger partial charge in [0.1, 0.15) is 5.75 Å². The van der Waals surface area contributed by atoms with Gasteiger partial charge in [0.25, 0.3) is 0 Å². The van der Waals surface area contributed by atoms with E-state index in [-0.39, 0.29) is 5.41 Å². The van der Waals surface area contributed by atoms with Gasteiger partial charge in [0.2, 0.25) is 0 Å². The summed E-state index contributed by atoms with van der Waals surface area (Å²) in [7, 11) is 0. The van der Waals surface area contributed by atoms with Gasteiger partial charge in [-0.1, -0.05) is 26.8 Å². The Kier molecular flexibility index (Phi) is 4.44. The molecule has 17 heavy (non-hydrogen) atoms. The molecule has 0 saturated carbocycles. The first-order valence-corrected chi connectivity index (χ1v) is 6.42. The highest BCUT2D eigenvalue weighted by Gasteiger charge is 2.21. The first-order chi connectivity index (χ1) is 7.90. The van der Waals surface area contributed by atoms with Crippen molar-refractivity contribution < 1.29 is 4.74 Å². The van der Waals surface area contributed by atoms with Crippen molar-refractivity contribution in [3.05, 3.63) is 23.3 Å². The molecule has 0 spiro atoms. The van der Waals surface area contributed by atoms with E-state index in [4.69, 9.17) is 4.74 Å². The maximum Gasteiger partial charge on any atom is 0.146 e. The van der Waals surface area contributed by atoms with Crippen molar-refractivity contribution in [2.24, 2.45) is 0 Å². The van der Waals surface area contributed by atoms with Gasteiger partial charge in [0.15, 0.2) is 0 Å². The van der Waals surface area contributed by atoms with Crippen LogP contribution >= 0.6 is 0 Å². The largest absolute Gasteiger partial charge is 0.491 e. The van der Waals surface area contributed by atoms with E-state index in [0.717, 1.165) is 18.0 Å². The van der Waals surface area contributed by atoms with Gasteiger partial charge in [-0.2, -0.15) is 0 Å². The van der Waals surface area contributed by atoms with Gasteiger partial charge >= 0.3 is 0 Å². The highest BCUT2D eigenvalue weighted by Crippen LogP contribution is 2.38. The topological polar surface area (TPSA) is 21.3 Å². The Morgan fingerprint density at radius 1 is 1.18 bits per heavy atom. The fourth-order valence-electron chi connectivity index (χ4n) is 1.95. The molecule has 1 N–H and O–H groups in total. The van der Waals surface area contributed by atoms with E-state index >= 15 is 0 Å². The van der Waals surface area contributed by atoms with Crippen molar-refractivity contribution >= 4 is 5.69 Å². The third-order valence-corrected chi connectivity index (χ3v) is 2.70. The molecule has 0 aromatic heterocycles. The van der Waals surface area contributed by atoms with Gasteiger partial charge < -0.3 is 10.1 Å². The van der Waals surface area contributed by atoms with Crippen LogP contribution in [0.15, 0.2) is 12.1 Å². The summed E-state index contributed by atoms with van der Waals surface area (Å²) >= 11 is 0. The van der Waals surface area contributed by atoms with E-state index in [9.17, 15) is 0 Å². The first kappa shape index (κ1) is 13.9. The van der Waals surface area contributed by atoms with E-state index in [2.05, 4.69) is 52.1 Å². The highest BCUT2D eigenvalue weighted by atomic mass is 16.5. The van der Waals surface area contributed by atoms with Gasteiger partial charge in [-0.25, -0.2) is 0 Å². The minimum absolute atomic E-state index is 0.0979. The number of ether oxygens (including phenoxy) is 1. The van der Waals surface area contributed by atoms with Crippen molar-refractivity contribution in [2.45, 2.75) is 47.0 Å². The van der Waals surface area contributed by atoms with Crippen molar-refractivity contribution in [2.75, 3.05) is 18.5 Å². The molecule has 0 aliphatic carbocycles. The molecule has 0 aliphatic heterocycles. The van der Waals surface area contributed by atoms with Crippen molar-refractivity contribution in [1.82, 2.24) is 0 Å². The lowest BCUT2D eigenvalue weighted by molar-refractivity contribution is 0.331. The predicted molar refractivity (Wildman–Crippen MR) is 75.2 cm³/mol. The van der Waals surface area contributed by atoms with Crippen LogP contribution in [-0.2, 0) is 5.41 Å². The number of nitrogens with one attached hydrogen (secondary N) is 1. The Bertz CT molecular complexity index is 377. The number of rotatable bonds is 4. The molecule has 0 radical (unpaired) electrons. The molecule has 0 unspecified atom stereocenters. The molecular formula is C15H25NO. The van der Waals surface area contributed by atoms with Crippen LogP contribution < -0.4 is 10.1 Å². The lowest BCUT2D eigenvalue weighted by Crippen LogP contribution is -2.15. The molecule has 1 aromatic rings. The smallest absolute Gasteiger partial charge is 0.146 e. The third-order valence-electron chi connectivity index (χ3n) is 2.70. The van der Waals surface area contributed by atoms with E-state index in [0.29, 0.717) is 6.61 Å². The van der Waals surface area contributed by atoms with Gasteiger partial charge in [-0.05, 0) is 37.8 Å². The van der Waals surface area contributed by atoms with Crippen LogP contribution in [0.4, 0.5) is 5.69 Å². The summed E-state index contributed by atoms with van der Waals surface area (Å²) in [6.07, 6.45) is 0. The molecule has 1 aromatic carbocycles. The summed E-state index contributed by atoms with van der Waals surface area (Å²) < 4.78 is 5.84. The summed E-state index contributed by atoms with van der Waals surface area (Å²) in [6, 6.07) is 4.38. The summed E-state index contributed by atoms with van der Waals surface area (Å²) in [5.41, 5.74) is 3.75. The van der Waals surface area contributed by atoms with Crippen LogP contribution in [0.25, 0.3) is 0 Å². The zero-order chi connectivity index (χ0) is 13.1. The number of hydrogen-bond acceptors (Lipinski definition) is 2. The van der Waals surface area contributed by atoms with Gasteiger partial charge in [-0.15, -0.1) is 0 Å². The van der Waals surface area contributed by atoms with Crippen molar-refractivity contribution in [3.8, 4) is 5.75 Å². The minimum atomic E-state index is 0.0979. The SMILES string of the molecule is CCNc1cc(C)cc(C(C)(C)C)c1OCC. The second kappa shape index (κ2) is 5.44. The minimum Gasteiger partial charge on any atom is -0.491 e. The summed E-state index contributed by atoms with van der Waals surface area (Å²) in [6.45, 7) is 14.5. The normalized spacial score (nSPS) is 11.4. The lowest BCUT2D eigenvalue weighted by atomic mass is 9.85. The highest BCUT2D eigenvalue weighted by molar-refractivity contribution is 5.63. The van der Waals surface area contributed by atoms with Crippen LogP contribution in [-0.4, -0.2) is 13.2 Å². The van der Waals surface area contributed by atoms with E-state index < -0.39 is 0 Å². The fraction of sp³-hybridized carbons (Fsp3) is 0.600. The number of anilines is 1. The molecule has 0 fully saturated rings. The number of aryl methyl sites for hydroxylation is 1. The zero-order valence-corrected chi connectivity index (χ0v) is 12.0. The Hall–Kier alpha value is -1.18. The summed E-state index contributed by atoms with van der Waals surface area (Å²) in [5.74, 6) is 1.01. The van der Waals surface area contributed by atoms with Gasteiger partial charge in [0.05, 0.1) is 12.3 Å². The van der Waals surface area contributed by atoms with Crippen LogP contribution in [0.5, 0.6) is 5.75 Å². The third kappa shape index (κ3) is 3.39. The Morgan fingerprint density at radius 2 is 1.82 bits per heavy atom. The van der Waals surface area contributed by atoms with Gasteiger partial charge in [0, 0.05) is 12.1 Å². The quantitative estimate of drug-likeness (QED) is 0.847. The van der Waals surface area contributed by atoms with Gasteiger partial charge in [-0.3, -0.25) is 0 Å². The fourth-order valence-corrected chi connectivity index (χ4v) is 1.95. The maximum atomic E-state index is 5.84. The van der Waals surface area contributed by atoms with Crippen LogP contribution in [0.1, 0.15) is 45.7 Å². The summed E-state index contributed by atoms with van der Waals surface area (Å²) in [5, 5.41) is 3.39. The number of benzene rings is 1. The number of hydrogen-bond donors (Lipinski definition) is 1. The Morgan fingerprint density at radius 3 is 2.29 bits per heavy atom. The summed E-state index contributed by atoms with van der Waals surface area (Å²) in [4.78, 5) is 0. The average Bonchev–Trinajstić information content (AvgIpc) is 2.20. The molecule has 1 rings (SSSR count). The molecule has 0 atom stereocenters. The molecule has 2 heteroatoms. The van der Waals surface area contributed by atoms with E-state index in [1.165, 1.54) is 11.1 Å². The second-order valence-corrected chi connectivity index (χ2v) is 5.40. The van der Waals surface area contributed by atoms with Crippen molar-refractivity contribution in [1.29, 1.82) is 0 Å². The van der Waals surface area contributed by atoms with Crippen LogP contribution in [0.3, 0.4) is 0 Å². The van der Waals surface area contributed by atoms with E-state index in [1.807, 2.05) is 6.92 Å². The molecular weight excluding hydrogens is 210 g/mol. The van der Waals surface area contributed by atoms with E-state index in [1.54, 1.807) is 0 Å². The first-order valence-electron chi connectivity index (χ1n) is 6.42. The molecule has 0 bridgehead atoms. The van der Waals surface area contributed by atoms with Crippen LogP contribution in [0.2, 0.25) is 0 Å². The molecule has 2 nitrogen and oxygen atoms in total. The Labute approximate surface area is 105 Å². The second-order valence-electron chi connectivity index (χ2n) is 5.40. The zero-order valence-electron chi connectivity index (χ0n) is 12.0. The predicted octanol–water partition coefficient (Wildman–Crippen LogP) is 4.12. The monoisotopic (exact) mass is 235 g/mol. The van der Waals surface area contributed by atoms with Crippen LogP contribution in [0, 0.1) is 6.92 Å². The maximum absolute atomic E-state index is 5.84. The molecule has 0 aliphatic rings. The standard InChI is InChI=1S/C15H25NO/c1-7-16-13-10-11(3)9-12(15(4,5)6)14(13)17-8-2/h9-10,16H,7-8H2,1-6H3. The molecule has 0 saturated heterocycles. The molecule has 0 heterocycles.